The summed E-state index contributed by atoms with van der Waals surface area (Å²) in [6.45, 7) is 2.44. The van der Waals surface area contributed by atoms with E-state index in [-0.39, 0.29) is 18.2 Å². The second-order valence-electron chi connectivity index (χ2n) is 6.48. The zero-order chi connectivity index (χ0) is 23.1. The van der Waals surface area contributed by atoms with E-state index in [9.17, 15) is 17.6 Å². The van der Waals surface area contributed by atoms with E-state index in [2.05, 4.69) is 31.4 Å². The first-order valence-corrected chi connectivity index (χ1v) is 10.2. The number of alkyl halides is 3. The number of hydrazone groups is 1. The number of hydrogen-bond acceptors (Lipinski definition) is 5. The van der Waals surface area contributed by atoms with Crippen LogP contribution in [0.3, 0.4) is 0 Å². The van der Waals surface area contributed by atoms with Crippen LogP contribution in [0.2, 0.25) is 0 Å². The summed E-state index contributed by atoms with van der Waals surface area (Å²) >= 11 is 3.45. The standard InChI is InChI=1S/C22H18BrF4N3O2/c1-2-31-19-10-15(11-29-30-20-8-5-16(12-28-20)22(25,26)27)9-18(23)21(19)32-13-14-3-6-17(24)7-4-14/h3-12H,2,13H2,1H3,(H,28,30)/b29-11-. The molecule has 0 radical (unpaired) electrons. The first-order valence-electron chi connectivity index (χ1n) is 9.42. The summed E-state index contributed by atoms with van der Waals surface area (Å²) in [7, 11) is 0. The molecule has 0 aliphatic carbocycles. The highest BCUT2D eigenvalue weighted by Gasteiger charge is 2.30. The number of aromatic nitrogens is 1. The third-order valence-electron chi connectivity index (χ3n) is 4.11. The van der Waals surface area contributed by atoms with Gasteiger partial charge in [-0.25, -0.2) is 9.37 Å². The molecule has 1 aromatic heterocycles. The van der Waals surface area contributed by atoms with E-state index in [4.69, 9.17) is 9.47 Å². The van der Waals surface area contributed by atoms with E-state index >= 15 is 0 Å². The Morgan fingerprint density at radius 1 is 1.09 bits per heavy atom. The molecule has 0 aliphatic rings. The largest absolute Gasteiger partial charge is 0.490 e. The van der Waals surface area contributed by atoms with Gasteiger partial charge in [0.15, 0.2) is 11.5 Å². The Morgan fingerprint density at radius 2 is 1.84 bits per heavy atom. The number of halogens is 5. The molecule has 1 N–H and O–H groups in total. The monoisotopic (exact) mass is 511 g/mol. The molecular weight excluding hydrogens is 494 g/mol. The van der Waals surface area contributed by atoms with Gasteiger partial charge < -0.3 is 9.47 Å². The summed E-state index contributed by atoms with van der Waals surface area (Å²) in [5.41, 5.74) is 3.18. The van der Waals surface area contributed by atoms with Crippen molar-refractivity contribution in [3.05, 3.63) is 81.7 Å². The summed E-state index contributed by atoms with van der Waals surface area (Å²) in [4.78, 5) is 3.69. The highest BCUT2D eigenvalue weighted by molar-refractivity contribution is 9.10. The number of anilines is 1. The van der Waals surface area contributed by atoms with Gasteiger partial charge in [0.25, 0.3) is 0 Å². The number of ether oxygens (including phenoxy) is 2. The summed E-state index contributed by atoms with van der Waals surface area (Å²) in [5, 5.41) is 4.01. The molecule has 32 heavy (non-hydrogen) atoms. The molecule has 1 heterocycles. The molecule has 0 bridgehead atoms. The lowest BCUT2D eigenvalue weighted by molar-refractivity contribution is -0.137. The lowest BCUT2D eigenvalue weighted by Gasteiger charge is -2.14. The van der Waals surface area contributed by atoms with Crippen LogP contribution in [0.4, 0.5) is 23.4 Å². The van der Waals surface area contributed by atoms with Crippen LogP contribution < -0.4 is 14.9 Å². The average Bonchev–Trinajstić information content (AvgIpc) is 2.74. The Balaban J connectivity index is 1.71. The zero-order valence-corrected chi connectivity index (χ0v) is 18.4. The highest BCUT2D eigenvalue weighted by atomic mass is 79.9. The number of hydrogen-bond donors (Lipinski definition) is 1. The molecule has 0 spiro atoms. The van der Waals surface area contributed by atoms with Gasteiger partial charge in [-0.15, -0.1) is 0 Å². The first kappa shape index (κ1) is 23.5. The fourth-order valence-electron chi connectivity index (χ4n) is 2.60. The van der Waals surface area contributed by atoms with Crippen LogP contribution in [0.1, 0.15) is 23.6 Å². The maximum Gasteiger partial charge on any atom is 0.417 e. The minimum absolute atomic E-state index is 0.164. The topological polar surface area (TPSA) is 55.7 Å². The Labute approximate surface area is 190 Å². The number of nitrogens with zero attached hydrogens (tertiary/aromatic N) is 2. The molecule has 0 saturated carbocycles. The first-order chi connectivity index (χ1) is 15.3. The van der Waals surface area contributed by atoms with Crippen LogP contribution >= 0.6 is 15.9 Å². The Hall–Kier alpha value is -3.14. The minimum atomic E-state index is -4.45. The molecule has 3 rings (SSSR count). The molecule has 2 aromatic carbocycles. The van der Waals surface area contributed by atoms with Crippen LogP contribution in [-0.2, 0) is 12.8 Å². The lowest BCUT2D eigenvalue weighted by Crippen LogP contribution is -2.05. The molecule has 0 unspecified atom stereocenters. The molecule has 0 fully saturated rings. The van der Waals surface area contributed by atoms with Gasteiger partial charge in [-0.05, 0) is 70.4 Å². The number of benzene rings is 2. The number of pyridine rings is 1. The molecule has 0 amide bonds. The molecular formula is C22H18BrF4N3O2. The van der Waals surface area contributed by atoms with Crippen molar-refractivity contribution in [2.45, 2.75) is 19.7 Å². The fourth-order valence-corrected chi connectivity index (χ4v) is 3.18. The van der Waals surface area contributed by atoms with Gasteiger partial charge in [0.05, 0.1) is 22.9 Å². The SMILES string of the molecule is CCOc1cc(/C=N\Nc2ccc(C(F)(F)F)cn2)cc(Br)c1OCc1ccc(F)cc1. The Morgan fingerprint density at radius 3 is 2.47 bits per heavy atom. The summed E-state index contributed by atoms with van der Waals surface area (Å²) in [6.07, 6.45) is -2.25. The number of rotatable bonds is 8. The zero-order valence-electron chi connectivity index (χ0n) is 16.8. The number of nitrogens with one attached hydrogen (secondary N) is 1. The minimum Gasteiger partial charge on any atom is -0.490 e. The van der Waals surface area contributed by atoms with Crippen LogP contribution in [0.5, 0.6) is 11.5 Å². The summed E-state index contributed by atoms with van der Waals surface area (Å²) in [5.74, 6) is 0.787. The van der Waals surface area contributed by atoms with Gasteiger partial charge in [-0.2, -0.15) is 18.3 Å². The van der Waals surface area contributed by atoms with Crippen molar-refractivity contribution in [3.63, 3.8) is 0 Å². The third kappa shape index (κ3) is 6.43. The van der Waals surface area contributed by atoms with Crippen molar-refractivity contribution >= 4 is 28.0 Å². The maximum atomic E-state index is 13.1. The quantitative estimate of drug-likeness (QED) is 0.215. The van der Waals surface area contributed by atoms with Crippen LogP contribution in [0.15, 0.2) is 64.3 Å². The van der Waals surface area contributed by atoms with Gasteiger partial charge in [0, 0.05) is 6.20 Å². The normalized spacial score (nSPS) is 11.6. The second-order valence-corrected chi connectivity index (χ2v) is 7.33. The van der Waals surface area contributed by atoms with Crippen molar-refractivity contribution in [3.8, 4) is 11.5 Å². The van der Waals surface area contributed by atoms with Gasteiger partial charge in [0.1, 0.15) is 18.2 Å². The Bertz CT molecular complexity index is 1070. The molecule has 10 heteroatoms. The van der Waals surface area contributed by atoms with E-state index in [0.29, 0.717) is 28.1 Å². The van der Waals surface area contributed by atoms with Crippen molar-refractivity contribution in [2.24, 2.45) is 5.10 Å². The van der Waals surface area contributed by atoms with E-state index in [1.807, 2.05) is 6.92 Å². The van der Waals surface area contributed by atoms with E-state index in [0.717, 1.165) is 17.8 Å². The predicted molar refractivity (Wildman–Crippen MR) is 116 cm³/mol. The van der Waals surface area contributed by atoms with Gasteiger partial charge in [-0.1, -0.05) is 12.1 Å². The molecule has 0 atom stereocenters. The lowest BCUT2D eigenvalue weighted by atomic mass is 10.2. The van der Waals surface area contributed by atoms with Crippen LogP contribution in [-0.4, -0.2) is 17.8 Å². The maximum absolute atomic E-state index is 13.1. The molecule has 5 nitrogen and oxygen atoms in total. The van der Waals surface area contributed by atoms with Crippen molar-refractivity contribution < 1.29 is 27.0 Å². The van der Waals surface area contributed by atoms with Crippen molar-refractivity contribution in [2.75, 3.05) is 12.0 Å². The third-order valence-corrected chi connectivity index (χ3v) is 4.70. The average molecular weight is 512 g/mol. The van der Waals surface area contributed by atoms with E-state index in [1.54, 1.807) is 24.3 Å². The van der Waals surface area contributed by atoms with E-state index < -0.39 is 11.7 Å². The van der Waals surface area contributed by atoms with Crippen LogP contribution in [0, 0.1) is 5.82 Å². The smallest absolute Gasteiger partial charge is 0.417 e. The Kier molecular flexibility index (Phi) is 7.68. The van der Waals surface area contributed by atoms with Gasteiger partial charge in [-0.3, -0.25) is 5.43 Å². The highest BCUT2D eigenvalue weighted by Crippen LogP contribution is 2.37. The van der Waals surface area contributed by atoms with E-state index in [1.165, 1.54) is 24.4 Å². The summed E-state index contributed by atoms with van der Waals surface area (Å²) in [6, 6.07) is 11.5. The molecule has 0 saturated heterocycles. The van der Waals surface area contributed by atoms with Crippen LogP contribution in [0.25, 0.3) is 0 Å². The molecule has 3 aromatic rings. The van der Waals surface area contributed by atoms with Crippen molar-refractivity contribution in [1.29, 1.82) is 0 Å². The van der Waals surface area contributed by atoms with Gasteiger partial charge in [0.2, 0.25) is 0 Å². The molecule has 168 valence electrons. The predicted octanol–water partition coefficient (Wildman–Crippen LogP) is 6.43. The van der Waals surface area contributed by atoms with Crippen molar-refractivity contribution in [1.82, 2.24) is 4.98 Å². The fraction of sp³-hybridized carbons (Fsp3) is 0.182. The van der Waals surface area contributed by atoms with Gasteiger partial charge >= 0.3 is 6.18 Å². The molecule has 0 aliphatic heterocycles. The summed E-state index contributed by atoms with van der Waals surface area (Å²) < 4.78 is 63.0. The second kappa shape index (κ2) is 10.4.